The van der Waals surface area contributed by atoms with E-state index in [0.29, 0.717) is 27.1 Å². The van der Waals surface area contributed by atoms with Crippen LogP contribution in [0.5, 0.6) is 11.5 Å². The first-order valence-corrected chi connectivity index (χ1v) is 9.57. The normalized spacial score (nSPS) is 16.3. The van der Waals surface area contributed by atoms with Crippen LogP contribution < -0.4 is 14.8 Å². The van der Waals surface area contributed by atoms with Crippen molar-refractivity contribution >= 4 is 56.5 Å². The Bertz CT molecular complexity index is 1000. The molecule has 144 valence electrons. The number of rotatable bonds is 5. The van der Waals surface area contributed by atoms with Crippen LogP contribution in [0.4, 0.5) is 5.69 Å². The monoisotopic (exact) mass is 462 g/mol. The van der Waals surface area contributed by atoms with Crippen LogP contribution in [0.3, 0.4) is 0 Å². The summed E-state index contributed by atoms with van der Waals surface area (Å²) in [4.78, 5) is 28.8. The maximum absolute atomic E-state index is 12.3. The highest BCUT2D eigenvalue weighted by molar-refractivity contribution is 9.10. The van der Waals surface area contributed by atoms with E-state index in [1.165, 1.54) is 20.3 Å². The Labute approximate surface area is 173 Å². The molecule has 0 radical (unpaired) electrons. The van der Waals surface area contributed by atoms with Crippen molar-refractivity contribution in [2.24, 2.45) is 4.99 Å². The zero-order valence-electron chi connectivity index (χ0n) is 14.9. The molecule has 0 aromatic heterocycles. The van der Waals surface area contributed by atoms with Gasteiger partial charge in [0, 0.05) is 4.47 Å². The van der Waals surface area contributed by atoms with E-state index < -0.39 is 5.97 Å². The van der Waals surface area contributed by atoms with E-state index in [-0.39, 0.29) is 17.2 Å². The second kappa shape index (κ2) is 8.49. The summed E-state index contributed by atoms with van der Waals surface area (Å²) in [7, 11) is 2.79. The predicted octanol–water partition coefficient (Wildman–Crippen LogP) is 4.06. The van der Waals surface area contributed by atoms with Crippen LogP contribution in [-0.2, 0) is 4.79 Å². The van der Waals surface area contributed by atoms with Gasteiger partial charge >= 0.3 is 5.97 Å². The smallest absolute Gasteiger partial charge is 0.340 e. The minimum atomic E-state index is -1.19. The zero-order valence-corrected chi connectivity index (χ0v) is 17.3. The lowest BCUT2D eigenvalue weighted by Gasteiger charge is -2.12. The van der Waals surface area contributed by atoms with Gasteiger partial charge in [-0.2, -0.15) is 0 Å². The number of amidine groups is 1. The first-order valence-electron chi connectivity index (χ1n) is 7.96. The number of nitrogens with one attached hydrogen (secondary N) is 1. The number of benzene rings is 2. The van der Waals surface area contributed by atoms with Gasteiger partial charge in [-0.15, -0.1) is 0 Å². The summed E-state index contributed by atoms with van der Waals surface area (Å²) in [5, 5.41) is 12.7. The van der Waals surface area contributed by atoms with Crippen LogP contribution >= 0.6 is 27.7 Å². The van der Waals surface area contributed by atoms with Crippen molar-refractivity contribution in [3.05, 3.63) is 56.9 Å². The number of thioether (sulfide) groups is 1. The van der Waals surface area contributed by atoms with Gasteiger partial charge in [0.2, 0.25) is 0 Å². The highest BCUT2D eigenvalue weighted by Gasteiger charge is 2.26. The Kier molecular flexibility index (Phi) is 6.05. The molecule has 0 aliphatic carbocycles. The Hall–Kier alpha value is -2.78. The van der Waals surface area contributed by atoms with E-state index in [4.69, 9.17) is 9.47 Å². The first-order chi connectivity index (χ1) is 13.4. The highest BCUT2D eigenvalue weighted by atomic mass is 79.9. The molecule has 1 heterocycles. The van der Waals surface area contributed by atoms with Crippen LogP contribution in [0.15, 0.2) is 50.8 Å². The number of nitrogens with zero attached hydrogens (tertiary/aromatic N) is 1. The van der Waals surface area contributed by atoms with Crippen molar-refractivity contribution in [2.45, 2.75) is 0 Å². The van der Waals surface area contributed by atoms with Gasteiger partial charge in [-0.25, -0.2) is 9.79 Å². The first kappa shape index (κ1) is 20.0. The molecule has 1 amide bonds. The van der Waals surface area contributed by atoms with Crippen molar-refractivity contribution < 1.29 is 24.2 Å². The summed E-state index contributed by atoms with van der Waals surface area (Å²) in [5.41, 5.74) is 0.929. The molecule has 2 aromatic rings. The summed E-state index contributed by atoms with van der Waals surface area (Å²) in [5.74, 6) is -1.15. The van der Waals surface area contributed by atoms with Crippen LogP contribution in [0, 0.1) is 0 Å². The Balaban J connectivity index is 1.97. The summed E-state index contributed by atoms with van der Waals surface area (Å²) < 4.78 is 11.3. The Morgan fingerprint density at radius 2 is 1.89 bits per heavy atom. The van der Waals surface area contributed by atoms with Crippen molar-refractivity contribution in [3.63, 3.8) is 0 Å². The van der Waals surface area contributed by atoms with E-state index in [2.05, 4.69) is 26.2 Å². The molecule has 1 aliphatic rings. The third-order valence-corrected chi connectivity index (χ3v) is 5.22. The van der Waals surface area contributed by atoms with Gasteiger partial charge < -0.3 is 19.9 Å². The number of hydrogen-bond acceptors (Lipinski definition) is 6. The molecule has 3 rings (SSSR count). The number of carbonyl (C=O) groups excluding carboxylic acids is 1. The number of carbonyl (C=O) groups is 2. The van der Waals surface area contributed by atoms with Crippen LogP contribution in [0.25, 0.3) is 6.08 Å². The number of hydrogen-bond donors (Lipinski definition) is 2. The van der Waals surface area contributed by atoms with Gasteiger partial charge in [-0.3, -0.25) is 4.79 Å². The van der Waals surface area contributed by atoms with E-state index >= 15 is 0 Å². The Morgan fingerprint density at radius 1 is 1.18 bits per heavy atom. The second-order valence-electron chi connectivity index (χ2n) is 5.53. The fraction of sp³-hybridized carbons (Fsp3) is 0.105. The molecule has 0 saturated carbocycles. The Morgan fingerprint density at radius 3 is 2.50 bits per heavy atom. The standard InChI is InChI=1S/C19H15BrN2O5S/c1-26-13-8-3-10(15(18(24)25)16(13)27-2)9-14-17(23)22-19(28-14)21-12-6-4-11(20)5-7-12/h3-9H,1-2H3,(H,24,25)(H,21,22,23)/b14-9+. The number of aromatic carboxylic acids is 1. The average molecular weight is 463 g/mol. The van der Waals surface area contributed by atoms with Crippen LogP contribution in [-0.4, -0.2) is 36.4 Å². The average Bonchev–Trinajstić information content (AvgIpc) is 3.01. The van der Waals surface area contributed by atoms with Gasteiger partial charge in [0.15, 0.2) is 16.7 Å². The third-order valence-electron chi connectivity index (χ3n) is 3.79. The summed E-state index contributed by atoms with van der Waals surface area (Å²) in [6, 6.07) is 10.5. The fourth-order valence-corrected chi connectivity index (χ4v) is 3.63. The maximum atomic E-state index is 12.3. The topological polar surface area (TPSA) is 97.2 Å². The quantitative estimate of drug-likeness (QED) is 0.650. The molecule has 1 aliphatic heterocycles. The fourth-order valence-electron chi connectivity index (χ4n) is 2.54. The van der Waals surface area contributed by atoms with E-state index in [1.54, 1.807) is 12.1 Å². The van der Waals surface area contributed by atoms with Crippen molar-refractivity contribution in [2.75, 3.05) is 14.2 Å². The van der Waals surface area contributed by atoms with Gasteiger partial charge in [-0.05, 0) is 53.7 Å². The number of carboxylic acids is 1. The maximum Gasteiger partial charge on any atom is 0.340 e. The lowest BCUT2D eigenvalue weighted by Crippen LogP contribution is -2.19. The number of aliphatic imine (C=N–C) groups is 1. The van der Waals surface area contributed by atoms with E-state index in [9.17, 15) is 14.7 Å². The molecule has 9 heteroatoms. The van der Waals surface area contributed by atoms with Crippen LogP contribution in [0.1, 0.15) is 15.9 Å². The van der Waals surface area contributed by atoms with Gasteiger partial charge in [0.1, 0.15) is 5.56 Å². The van der Waals surface area contributed by atoms with Gasteiger partial charge in [0.05, 0.1) is 24.8 Å². The van der Waals surface area contributed by atoms with E-state index in [1.807, 2.05) is 24.3 Å². The number of methoxy groups -OCH3 is 2. The van der Waals surface area contributed by atoms with Crippen molar-refractivity contribution in [3.8, 4) is 11.5 Å². The molecule has 0 atom stereocenters. The highest BCUT2D eigenvalue weighted by Crippen LogP contribution is 2.36. The van der Waals surface area contributed by atoms with Gasteiger partial charge in [0.25, 0.3) is 5.91 Å². The molecule has 1 fully saturated rings. The number of carboxylic acid groups (broad SMARTS) is 1. The zero-order chi connectivity index (χ0) is 20.3. The summed E-state index contributed by atoms with van der Waals surface area (Å²) >= 11 is 4.49. The number of halogens is 1. The molecular weight excluding hydrogens is 448 g/mol. The van der Waals surface area contributed by atoms with Gasteiger partial charge in [-0.1, -0.05) is 22.0 Å². The summed E-state index contributed by atoms with van der Waals surface area (Å²) in [6.07, 6.45) is 1.50. The van der Waals surface area contributed by atoms with Crippen molar-refractivity contribution in [1.29, 1.82) is 0 Å². The SMILES string of the molecule is COc1ccc(/C=C2/SC(=Nc3ccc(Br)cc3)NC2=O)c(C(=O)O)c1OC. The molecule has 0 spiro atoms. The number of ether oxygens (including phenoxy) is 2. The largest absolute Gasteiger partial charge is 0.493 e. The molecule has 2 N–H and O–H groups in total. The molecule has 2 aromatic carbocycles. The molecule has 7 nitrogen and oxygen atoms in total. The minimum absolute atomic E-state index is 0.0824. The molecule has 0 bridgehead atoms. The van der Waals surface area contributed by atoms with Crippen LogP contribution in [0.2, 0.25) is 0 Å². The molecule has 1 saturated heterocycles. The third kappa shape index (κ3) is 4.20. The predicted molar refractivity (Wildman–Crippen MR) is 111 cm³/mol. The van der Waals surface area contributed by atoms with E-state index in [0.717, 1.165) is 16.2 Å². The van der Waals surface area contributed by atoms with Crippen molar-refractivity contribution in [1.82, 2.24) is 5.32 Å². The lowest BCUT2D eigenvalue weighted by atomic mass is 10.0. The molecular formula is C19H15BrN2O5S. The number of amides is 1. The summed E-state index contributed by atoms with van der Waals surface area (Å²) in [6.45, 7) is 0. The lowest BCUT2D eigenvalue weighted by molar-refractivity contribution is -0.115. The minimum Gasteiger partial charge on any atom is -0.493 e. The molecule has 0 unspecified atom stereocenters. The molecule has 28 heavy (non-hydrogen) atoms. The second-order valence-corrected chi connectivity index (χ2v) is 7.47.